The number of anilines is 1. The summed E-state index contributed by atoms with van der Waals surface area (Å²) >= 11 is 0. The second-order valence-electron chi connectivity index (χ2n) is 4.84. The van der Waals surface area contributed by atoms with Crippen LogP contribution in [0.1, 0.15) is 29.3 Å². The first-order valence-electron chi connectivity index (χ1n) is 6.90. The molecule has 116 valence electrons. The second-order valence-corrected chi connectivity index (χ2v) is 6.85. The van der Waals surface area contributed by atoms with Gasteiger partial charge in [-0.25, -0.2) is 13.2 Å². The van der Waals surface area contributed by atoms with Gasteiger partial charge in [0.05, 0.1) is 23.6 Å². The van der Waals surface area contributed by atoms with Crippen LogP contribution in [-0.4, -0.2) is 45.0 Å². The highest BCUT2D eigenvalue weighted by Gasteiger charge is 2.27. The van der Waals surface area contributed by atoms with Crippen molar-refractivity contribution in [2.45, 2.75) is 19.8 Å². The summed E-state index contributed by atoms with van der Waals surface area (Å²) in [5.41, 5.74) is 1.53. The smallest absolute Gasteiger partial charge is 0.335 e. The largest absolute Gasteiger partial charge is 0.478 e. The van der Waals surface area contributed by atoms with Crippen molar-refractivity contribution in [2.75, 3.05) is 29.8 Å². The monoisotopic (exact) mass is 313 g/mol. The van der Waals surface area contributed by atoms with Gasteiger partial charge in [0, 0.05) is 13.2 Å². The van der Waals surface area contributed by atoms with Gasteiger partial charge in [-0.15, -0.1) is 0 Å². The van der Waals surface area contributed by atoms with Gasteiger partial charge in [-0.3, -0.25) is 4.31 Å². The first-order chi connectivity index (χ1) is 9.95. The second kappa shape index (κ2) is 6.44. The van der Waals surface area contributed by atoms with Gasteiger partial charge in [0.2, 0.25) is 10.0 Å². The van der Waals surface area contributed by atoms with Gasteiger partial charge in [0.1, 0.15) is 0 Å². The Morgan fingerprint density at radius 3 is 2.86 bits per heavy atom. The minimum Gasteiger partial charge on any atom is -0.478 e. The molecule has 2 rings (SSSR count). The van der Waals surface area contributed by atoms with Crippen LogP contribution in [-0.2, 0) is 21.2 Å². The molecule has 1 aliphatic heterocycles. The molecular weight excluding hydrogens is 294 g/mol. The molecule has 1 N–H and O–H groups in total. The summed E-state index contributed by atoms with van der Waals surface area (Å²) in [5, 5.41) is 9.01. The van der Waals surface area contributed by atoms with Gasteiger partial charge in [-0.2, -0.15) is 0 Å². The van der Waals surface area contributed by atoms with Crippen molar-refractivity contribution in [2.24, 2.45) is 0 Å². The SMILES string of the molecule is CCOCCS(=O)(=O)N1CCCc2cc(C(=O)O)ccc21. The number of benzene rings is 1. The third-order valence-corrected chi connectivity index (χ3v) is 5.16. The number of fused-ring (bicyclic) bond motifs is 1. The Labute approximate surface area is 124 Å². The van der Waals surface area contributed by atoms with Gasteiger partial charge in [0.25, 0.3) is 0 Å². The molecule has 0 saturated heterocycles. The Morgan fingerprint density at radius 2 is 2.19 bits per heavy atom. The number of hydrogen-bond donors (Lipinski definition) is 1. The first-order valence-corrected chi connectivity index (χ1v) is 8.51. The van der Waals surface area contributed by atoms with Crippen LogP contribution in [0.15, 0.2) is 18.2 Å². The van der Waals surface area contributed by atoms with E-state index < -0.39 is 16.0 Å². The zero-order chi connectivity index (χ0) is 15.5. The van der Waals surface area contributed by atoms with Crippen LogP contribution < -0.4 is 4.31 Å². The van der Waals surface area contributed by atoms with E-state index >= 15 is 0 Å². The summed E-state index contributed by atoms with van der Waals surface area (Å²) in [7, 11) is -3.44. The molecule has 0 saturated carbocycles. The lowest BCUT2D eigenvalue weighted by Crippen LogP contribution is -2.38. The lowest BCUT2D eigenvalue weighted by Gasteiger charge is -2.30. The summed E-state index contributed by atoms with van der Waals surface area (Å²) < 4.78 is 31.2. The van der Waals surface area contributed by atoms with Crippen molar-refractivity contribution in [3.63, 3.8) is 0 Å². The number of carboxylic acids is 1. The molecule has 0 amide bonds. The molecule has 1 aromatic carbocycles. The van der Waals surface area contributed by atoms with Crippen molar-refractivity contribution < 1.29 is 23.1 Å². The van der Waals surface area contributed by atoms with E-state index in [-0.39, 0.29) is 17.9 Å². The zero-order valence-electron chi connectivity index (χ0n) is 11.9. The normalized spacial score (nSPS) is 14.8. The van der Waals surface area contributed by atoms with Crippen molar-refractivity contribution in [1.29, 1.82) is 0 Å². The van der Waals surface area contributed by atoms with Gasteiger partial charge in [-0.1, -0.05) is 0 Å². The fraction of sp³-hybridized carbons (Fsp3) is 0.500. The predicted octanol–water partition coefficient (Wildman–Crippen LogP) is 1.50. The number of sulfonamides is 1. The van der Waals surface area contributed by atoms with Crippen LogP contribution in [0.3, 0.4) is 0 Å². The standard InChI is InChI=1S/C14H19NO5S/c1-2-20-8-9-21(18,19)15-7-3-4-11-10-12(14(16)17)5-6-13(11)15/h5-6,10H,2-4,7-9H2,1H3,(H,16,17). The Morgan fingerprint density at radius 1 is 1.43 bits per heavy atom. The third-order valence-electron chi connectivity index (χ3n) is 3.43. The van der Waals surface area contributed by atoms with E-state index in [9.17, 15) is 13.2 Å². The molecule has 0 radical (unpaired) electrons. The van der Waals surface area contributed by atoms with Crippen molar-refractivity contribution >= 4 is 21.7 Å². The van der Waals surface area contributed by atoms with E-state index in [2.05, 4.69) is 0 Å². The van der Waals surface area contributed by atoms with Gasteiger partial charge in [0.15, 0.2) is 0 Å². The number of aromatic carboxylic acids is 1. The van der Waals surface area contributed by atoms with Crippen LogP contribution in [0.25, 0.3) is 0 Å². The van der Waals surface area contributed by atoms with E-state index in [4.69, 9.17) is 9.84 Å². The fourth-order valence-electron chi connectivity index (χ4n) is 2.40. The van der Waals surface area contributed by atoms with Crippen LogP contribution in [0.2, 0.25) is 0 Å². The minimum atomic E-state index is -3.44. The molecule has 0 fully saturated rings. The molecule has 0 atom stereocenters. The summed E-state index contributed by atoms with van der Waals surface area (Å²) in [6, 6.07) is 4.58. The van der Waals surface area contributed by atoms with Gasteiger partial charge >= 0.3 is 5.97 Å². The molecular formula is C14H19NO5S. The quantitative estimate of drug-likeness (QED) is 0.805. The van der Waals surface area contributed by atoms with Crippen LogP contribution in [0, 0.1) is 0 Å². The topological polar surface area (TPSA) is 83.9 Å². The Bertz CT molecular complexity index is 626. The molecule has 1 aromatic rings. The maximum atomic E-state index is 12.4. The zero-order valence-corrected chi connectivity index (χ0v) is 12.7. The Hall–Kier alpha value is -1.60. The number of rotatable bonds is 6. The number of aryl methyl sites for hydroxylation is 1. The van der Waals surface area contributed by atoms with Gasteiger partial charge < -0.3 is 9.84 Å². The molecule has 0 aliphatic carbocycles. The average Bonchev–Trinajstić information content (AvgIpc) is 2.46. The molecule has 6 nitrogen and oxygen atoms in total. The van der Waals surface area contributed by atoms with E-state index in [0.29, 0.717) is 31.7 Å². The molecule has 1 heterocycles. The average molecular weight is 313 g/mol. The van der Waals surface area contributed by atoms with Crippen LogP contribution in [0.4, 0.5) is 5.69 Å². The highest BCUT2D eigenvalue weighted by atomic mass is 32.2. The summed E-state index contributed by atoms with van der Waals surface area (Å²) in [5.74, 6) is -1.07. The number of nitrogens with zero attached hydrogens (tertiary/aromatic N) is 1. The number of carboxylic acid groups (broad SMARTS) is 1. The maximum Gasteiger partial charge on any atom is 0.335 e. The number of hydrogen-bond acceptors (Lipinski definition) is 4. The molecule has 0 unspecified atom stereocenters. The van der Waals surface area contributed by atoms with Gasteiger partial charge in [-0.05, 0) is 43.5 Å². The molecule has 7 heteroatoms. The molecule has 0 spiro atoms. The van der Waals surface area contributed by atoms with Crippen molar-refractivity contribution in [1.82, 2.24) is 0 Å². The minimum absolute atomic E-state index is 0.0685. The molecule has 0 aromatic heterocycles. The summed E-state index contributed by atoms with van der Waals surface area (Å²) in [6.07, 6.45) is 1.37. The van der Waals surface area contributed by atoms with E-state index in [1.54, 1.807) is 12.1 Å². The number of ether oxygens (including phenoxy) is 1. The highest BCUT2D eigenvalue weighted by molar-refractivity contribution is 7.92. The van der Waals surface area contributed by atoms with Crippen LogP contribution >= 0.6 is 0 Å². The molecule has 21 heavy (non-hydrogen) atoms. The third kappa shape index (κ3) is 3.54. The number of carbonyl (C=O) groups is 1. The van der Waals surface area contributed by atoms with Crippen LogP contribution in [0.5, 0.6) is 0 Å². The summed E-state index contributed by atoms with van der Waals surface area (Å²) in [4.78, 5) is 11.0. The molecule has 1 aliphatic rings. The first kappa shape index (κ1) is 15.8. The summed E-state index contributed by atoms with van der Waals surface area (Å²) in [6.45, 7) is 2.88. The Balaban J connectivity index is 2.27. The van der Waals surface area contributed by atoms with Crippen molar-refractivity contribution in [3.05, 3.63) is 29.3 Å². The van der Waals surface area contributed by atoms with E-state index in [0.717, 1.165) is 5.56 Å². The van der Waals surface area contributed by atoms with Crippen molar-refractivity contribution in [3.8, 4) is 0 Å². The predicted molar refractivity (Wildman–Crippen MR) is 79.3 cm³/mol. The lowest BCUT2D eigenvalue weighted by molar-refractivity contribution is 0.0696. The Kier molecular flexibility index (Phi) is 4.84. The van der Waals surface area contributed by atoms with E-state index in [1.807, 2.05) is 6.92 Å². The fourth-order valence-corrected chi connectivity index (χ4v) is 3.84. The highest BCUT2D eigenvalue weighted by Crippen LogP contribution is 2.30. The van der Waals surface area contributed by atoms with E-state index in [1.165, 1.54) is 10.4 Å². The lowest BCUT2D eigenvalue weighted by atomic mass is 10.0. The maximum absolute atomic E-state index is 12.4. The molecule has 0 bridgehead atoms.